The second kappa shape index (κ2) is 6.33. The maximum Gasteiger partial charge on any atom is 0.248 e. The Balaban J connectivity index is 2.56. The normalized spacial score (nSPS) is 9.00. The second-order valence-electron chi connectivity index (χ2n) is 3.48. The van der Waals surface area contributed by atoms with Crippen molar-refractivity contribution in [1.29, 1.82) is 0 Å². The molecule has 4 nitrogen and oxygen atoms in total. The Bertz CT molecular complexity index is 484. The van der Waals surface area contributed by atoms with E-state index in [9.17, 15) is 9.59 Å². The van der Waals surface area contributed by atoms with E-state index in [0.29, 0.717) is 18.5 Å². The summed E-state index contributed by atoms with van der Waals surface area (Å²) < 4.78 is 0. The Hall–Kier alpha value is -2.28. The van der Waals surface area contributed by atoms with Crippen molar-refractivity contribution in [3.63, 3.8) is 0 Å². The first-order valence-corrected chi connectivity index (χ1v) is 5.23. The van der Waals surface area contributed by atoms with Crippen molar-refractivity contribution in [2.24, 2.45) is 5.73 Å². The monoisotopic (exact) mass is 230 g/mol. The maximum atomic E-state index is 10.9. The SMILES string of the molecule is CC(=O)NCCC#Cc1cccc(C(N)=O)c1. The van der Waals surface area contributed by atoms with E-state index in [1.807, 2.05) is 0 Å². The Morgan fingerprint density at radius 2 is 2.18 bits per heavy atom. The summed E-state index contributed by atoms with van der Waals surface area (Å²) in [7, 11) is 0. The summed E-state index contributed by atoms with van der Waals surface area (Å²) in [6, 6.07) is 6.83. The molecule has 1 aromatic rings. The molecule has 0 aromatic heterocycles. The Morgan fingerprint density at radius 1 is 1.41 bits per heavy atom. The Labute approximate surface area is 100 Å². The molecular formula is C13H14N2O2. The topological polar surface area (TPSA) is 72.2 Å². The highest BCUT2D eigenvalue weighted by Crippen LogP contribution is 2.02. The molecule has 0 aliphatic heterocycles. The van der Waals surface area contributed by atoms with E-state index in [2.05, 4.69) is 17.2 Å². The molecule has 0 aliphatic carbocycles. The number of carbonyl (C=O) groups is 2. The van der Waals surface area contributed by atoms with Crippen LogP contribution in [0.5, 0.6) is 0 Å². The molecular weight excluding hydrogens is 216 g/mol. The molecule has 0 unspecified atom stereocenters. The summed E-state index contributed by atoms with van der Waals surface area (Å²) in [6.07, 6.45) is 0.570. The molecule has 0 radical (unpaired) electrons. The van der Waals surface area contributed by atoms with Gasteiger partial charge in [0.2, 0.25) is 11.8 Å². The first kappa shape index (κ1) is 12.8. The first-order chi connectivity index (χ1) is 8.09. The van der Waals surface area contributed by atoms with Crippen LogP contribution >= 0.6 is 0 Å². The molecule has 88 valence electrons. The van der Waals surface area contributed by atoms with E-state index in [4.69, 9.17) is 5.73 Å². The predicted molar refractivity (Wildman–Crippen MR) is 65.1 cm³/mol. The van der Waals surface area contributed by atoms with Gasteiger partial charge in [-0.05, 0) is 18.2 Å². The molecule has 0 heterocycles. The summed E-state index contributed by atoms with van der Waals surface area (Å²) in [5.41, 5.74) is 6.34. The highest BCUT2D eigenvalue weighted by Gasteiger charge is 1.98. The van der Waals surface area contributed by atoms with Crippen molar-refractivity contribution in [2.75, 3.05) is 6.54 Å². The largest absolute Gasteiger partial charge is 0.366 e. The summed E-state index contributed by atoms with van der Waals surface area (Å²) in [5.74, 6) is 5.28. The molecule has 0 bridgehead atoms. The molecule has 4 heteroatoms. The second-order valence-corrected chi connectivity index (χ2v) is 3.48. The fraction of sp³-hybridized carbons (Fsp3) is 0.231. The lowest BCUT2D eigenvalue weighted by molar-refractivity contribution is -0.118. The van der Waals surface area contributed by atoms with Gasteiger partial charge in [-0.2, -0.15) is 0 Å². The van der Waals surface area contributed by atoms with Gasteiger partial charge in [-0.1, -0.05) is 17.9 Å². The molecule has 0 atom stereocenters. The van der Waals surface area contributed by atoms with Gasteiger partial charge in [-0.3, -0.25) is 9.59 Å². The molecule has 0 saturated carbocycles. The minimum absolute atomic E-state index is 0.0671. The number of benzene rings is 1. The fourth-order valence-corrected chi connectivity index (χ4v) is 1.22. The van der Waals surface area contributed by atoms with Crippen molar-refractivity contribution < 1.29 is 9.59 Å². The van der Waals surface area contributed by atoms with Gasteiger partial charge < -0.3 is 11.1 Å². The highest BCUT2D eigenvalue weighted by molar-refractivity contribution is 5.93. The predicted octanol–water partition coefficient (Wildman–Crippen LogP) is 0.663. The molecule has 3 N–H and O–H groups in total. The van der Waals surface area contributed by atoms with Crippen LogP contribution in [-0.2, 0) is 4.79 Å². The summed E-state index contributed by atoms with van der Waals surface area (Å²) >= 11 is 0. The van der Waals surface area contributed by atoms with E-state index in [1.54, 1.807) is 24.3 Å². The van der Waals surface area contributed by atoms with Gasteiger partial charge in [0.15, 0.2) is 0 Å². The zero-order valence-corrected chi connectivity index (χ0v) is 9.62. The molecule has 1 rings (SSSR count). The number of amides is 2. The quantitative estimate of drug-likeness (QED) is 0.591. The van der Waals surface area contributed by atoms with Gasteiger partial charge in [-0.25, -0.2) is 0 Å². The molecule has 0 fully saturated rings. The Morgan fingerprint density at radius 3 is 2.82 bits per heavy atom. The third-order valence-corrected chi connectivity index (χ3v) is 2.00. The summed E-state index contributed by atoms with van der Waals surface area (Å²) in [5, 5.41) is 2.65. The Kier molecular flexibility index (Phi) is 4.77. The number of hydrogen-bond donors (Lipinski definition) is 2. The van der Waals surface area contributed by atoms with Crippen molar-refractivity contribution in [1.82, 2.24) is 5.32 Å². The van der Waals surface area contributed by atoms with Gasteiger partial charge in [0.25, 0.3) is 0 Å². The third kappa shape index (κ3) is 4.85. The van der Waals surface area contributed by atoms with Gasteiger partial charge in [-0.15, -0.1) is 0 Å². The fourth-order valence-electron chi connectivity index (χ4n) is 1.22. The van der Waals surface area contributed by atoms with Crippen LogP contribution < -0.4 is 11.1 Å². The number of hydrogen-bond acceptors (Lipinski definition) is 2. The van der Waals surface area contributed by atoms with Gasteiger partial charge in [0, 0.05) is 31.0 Å². The number of nitrogens with two attached hydrogens (primary N) is 1. The van der Waals surface area contributed by atoms with Crippen molar-refractivity contribution in [3.05, 3.63) is 35.4 Å². The van der Waals surface area contributed by atoms with E-state index < -0.39 is 5.91 Å². The number of primary amides is 1. The minimum atomic E-state index is -0.466. The minimum Gasteiger partial charge on any atom is -0.366 e. The van der Waals surface area contributed by atoms with E-state index in [0.717, 1.165) is 5.56 Å². The lowest BCUT2D eigenvalue weighted by Gasteiger charge is -1.96. The lowest BCUT2D eigenvalue weighted by atomic mass is 10.1. The average molecular weight is 230 g/mol. The number of rotatable bonds is 3. The summed E-state index contributed by atoms with van der Waals surface area (Å²) in [4.78, 5) is 21.5. The van der Waals surface area contributed by atoms with Crippen LogP contribution in [0, 0.1) is 11.8 Å². The molecule has 17 heavy (non-hydrogen) atoms. The number of carbonyl (C=O) groups excluding carboxylic acids is 2. The maximum absolute atomic E-state index is 10.9. The van der Waals surface area contributed by atoms with Gasteiger partial charge in [0.05, 0.1) is 0 Å². The molecule has 2 amide bonds. The molecule has 0 spiro atoms. The van der Waals surface area contributed by atoms with Crippen molar-refractivity contribution in [2.45, 2.75) is 13.3 Å². The van der Waals surface area contributed by atoms with E-state index in [1.165, 1.54) is 6.92 Å². The highest BCUT2D eigenvalue weighted by atomic mass is 16.1. The summed E-state index contributed by atoms with van der Waals surface area (Å²) in [6.45, 7) is 1.99. The van der Waals surface area contributed by atoms with Crippen LogP contribution in [0.2, 0.25) is 0 Å². The van der Waals surface area contributed by atoms with Crippen LogP contribution in [0.25, 0.3) is 0 Å². The van der Waals surface area contributed by atoms with Crippen LogP contribution in [-0.4, -0.2) is 18.4 Å². The van der Waals surface area contributed by atoms with Gasteiger partial charge in [0.1, 0.15) is 0 Å². The molecule has 1 aromatic carbocycles. The average Bonchev–Trinajstić information content (AvgIpc) is 2.28. The zero-order valence-electron chi connectivity index (χ0n) is 9.62. The third-order valence-electron chi connectivity index (χ3n) is 2.00. The first-order valence-electron chi connectivity index (χ1n) is 5.23. The van der Waals surface area contributed by atoms with E-state index >= 15 is 0 Å². The lowest BCUT2D eigenvalue weighted by Crippen LogP contribution is -2.20. The van der Waals surface area contributed by atoms with Crippen LogP contribution in [0.15, 0.2) is 24.3 Å². The standard InChI is InChI=1S/C13H14N2O2/c1-10(16)15-8-3-2-5-11-6-4-7-12(9-11)13(14)17/h4,6-7,9H,3,8H2,1H3,(H2,14,17)(H,15,16). The molecule has 0 aliphatic rings. The number of nitrogens with one attached hydrogen (secondary N) is 1. The zero-order chi connectivity index (χ0) is 12.7. The smallest absolute Gasteiger partial charge is 0.248 e. The van der Waals surface area contributed by atoms with Crippen molar-refractivity contribution >= 4 is 11.8 Å². The van der Waals surface area contributed by atoms with Gasteiger partial charge >= 0.3 is 0 Å². The van der Waals surface area contributed by atoms with Crippen LogP contribution in [0.1, 0.15) is 29.3 Å². The molecule has 0 saturated heterocycles. The van der Waals surface area contributed by atoms with Crippen LogP contribution in [0.4, 0.5) is 0 Å². The van der Waals surface area contributed by atoms with E-state index in [-0.39, 0.29) is 5.91 Å². The van der Waals surface area contributed by atoms with Crippen LogP contribution in [0.3, 0.4) is 0 Å². The van der Waals surface area contributed by atoms with Crippen molar-refractivity contribution in [3.8, 4) is 11.8 Å².